The Kier molecular flexibility index (Phi) is 4.30. The molecule has 0 heterocycles. The van der Waals surface area contributed by atoms with Crippen LogP contribution in [0.5, 0.6) is 0 Å². The lowest BCUT2D eigenvalue weighted by Gasteiger charge is -2.56. The van der Waals surface area contributed by atoms with Gasteiger partial charge >= 0.3 is 5.51 Å². The molecule has 0 aromatic carbocycles. The van der Waals surface area contributed by atoms with Crippen molar-refractivity contribution in [3.8, 4) is 0 Å². The Morgan fingerprint density at radius 2 is 1.62 bits per heavy atom. The van der Waals surface area contributed by atoms with Crippen LogP contribution in [0.15, 0.2) is 0 Å². The van der Waals surface area contributed by atoms with Crippen LogP contribution in [0, 0.1) is 23.2 Å². The summed E-state index contributed by atoms with van der Waals surface area (Å²) in [5.74, 6) is 2.53. The smallest absolute Gasteiger partial charge is 0.299 e. The van der Waals surface area contributed by atoms with E-state index in [0.717, 1.165) is 37.0 Å². The van der Waals surface area contributed by atoms with E-state index in [0.29, 0.717) is 18.6 Å². The van der Waals surface area contributed by atoms with Crippen LogP contribution in [-0.4, -0.2) is 17.8 Å². The second-order valence-corrected chi connectivity index (χ2v) is 8.12. The molecule has 4 fully saturated rings. The summed E-state index contributed by atoms with van der Waals surface area (Å²) >= 11 is -0.217. The van der Waals surface area contributed by atoms with E-state index in [1.165, 1.54) is 19.3 Å². The fraction of sp³-hybridized carbons (Fsp3) is 0.933. The number of carbonyl (C=O) groups is 1. The predicted octanol–water partition coefficient (Wildman–Crippen LogP) is 4.31. The zero-order valence-electron chi connectivity index (χ0n) is 12.0. The first-order valence-corrected chi connectivity index (χ1v) is 8.69. The van der Waals surface area contributed by atoms with Crippen molar-refractivity contribution in [2.75, 3.05) is 6.54 Å². The van der Waals surface area contributed by atoms with E-state index in [1.54, 1.807) is 0 Å². The summed E-state index contributed by atoms with van der Waals surface area (Å²) in [6.45, 7) is 0.238. The molecule has 0 unspecified atom stereocenters. The third-order valence-electron chi connectivity index (χ3n) is 5.50. The van der Waals surface area contributed by atoms with Crippen molar-refractivity contribution in [2.24, 2.45) is 23.2 Å². The van der Waals surface area contributed by atoms with Crippen LogP contribution < -0.4 is 4.72 Å². The highest BCUT2D eigenvalue weighted by atomic mass is 32.2. The average Bonchev–Trinajstić information content (AvgIpc) is 2.35. The molecule has 4 saturated carbocycles. The molecule has 120 valence electrons. The van der Waals surface area contributed by atoms with E-state index in [1.807, 2.05) is 0 Å². The molecule has 4 rings (SSSR count). The normalized spacial score (nSPS) is 38.0. The monoisotopic (exact) mass is 321 g/mol. The first kappa shape index (κ1) is 15.7. The quantitative estimate of drug-likeness (QED) is 0.584. The number of ketones is 1. The van der Waals surface area contributed by atoms with Crippen molar-refractivity contribution in [3.63, 3.8) is 0 Å². The molecular weight excluding hydrogens is 299 g/mol. The molecule has 4 aliphatic carbocycles. The Morgan fingerprint density at radius 3 is 2.10 bits per heavy atom. The lowest BCUT2D eigenvalue weighted by Crippen LogP contribution is -2.50. The highest BCUT2D eigenvalue weighted by Crippen LogP contribution is 2.60. The minimum absolute atomic E-state index is 0.105. The summed E-state index contributed by atoms with van der Waals surface area (Å²) in [5, 5.41) is 0. The van der Waals surface area contributed by atoms with Crippen LogP contribution in [0.25, 0.3) is 0 Å². The maximum Gasteiger partial charge on any atom is 0.456 e. The van der Waals surface area contributed by atoms with Gasteiger partial charge in [-0.1, -0.05) is 0 Å². The number of alkyl halides is 3. The van der Waals surface area contributed by atoms with Crippen molar-refractivity contribution in [1.29, 1.82) is 0 Å². The van der Waals surface area contributed by atoms with Gasteiger partial charge in [0.25, 0.3) is 0 Å². The lowest BCUT2D eigenvalue weighted by molar-refractivity contribution is -0.143. The molecule has 1 N–H and O–H groups in total. The topological polar surface area (TPSA) is 29.1 Å². The summed E-state index contributed by atoms with van der Waals surface area (Å²) in [6.07, 6.45) is 7.97. The van der Waals surface area contributed by atoms with Crippen molar-refractivity contribution in [3.05, 3.63) is 0 Å². The van der Waals surface area contributed by atoms with Crippen molar-refractivity contribution in [1.82, 2.24) is 4.72 Å². The third-order valence-corrected chi connectivity index (χ3v) is 6.08. The Balaban J connectivity index is 1.45. The first-order chi connectivity index (χ1) is 9.86. The number of nitrogens with one attached hydrogen (secondary N) is 1. The molecule has 0 spiro atoms. The molecule has 0 radical (unpaired) electrons. The summed E-state index contributed by atoms with van der Waals surface area (Å²) in [4.78, 5) is 12.6. The number of carbonyl (C=O) groups excluding carboxylic acids is 1. The number of halogens is 3. The molecule has 6 heteroatoms. The van der Waals surface area contributed by atoms with Crippen molar-refractivity contribution >= 4 is 17.7 Å². The molecule has 21 heavy (non-hydrogen) atoms. The molecule has 0 amide bonds. The van der Waals surface area contributed by atoms with E-state index < -0.39 is 5.51 Å². The molecule has 0 atom stereocenters. The molecular formula is C15H22F3NOS. The minimum Gasteiger partial charge on any atom is -0.299 e. The highest BCUT2D eigenvalue weighted by Gasteiger charge is 2.53. The number of Topliss-reactive ketones (excluding diaryl/α,β-unsaturated/α-hetero) is 1. The number of rotatable bonds is 6. The SMILES string of the molecule is O=C(CCCNSC(F)(F)F)C12CC3CC(CC(C3)C1)C2. The molecule has 0 aromatic heterocycles. The van der Waals surface area contributed by atoms with Gasteiger partial charge in [-0.2, -0.15) is 13.2 Å². The second-order valence-electron chi connectivity index (χ2n) is 7.17. The Labute approximate surface area is 127 Å². The van der Waals surface area contributed by atoms with Crippen LogP contribution in [0.2, 0.25) is 0 Å². The van der Waals surface area contributed by atoms with E-state index in [-0.39, 0.29) is 23.9 Å². The minimum atomic E-state index is -4.25. The molecule has 4 bridgehead atoms. The summed E-state index contributed by atoms with van der Waals surface area (Å²) in [7, 11) is 0. The fourth-order valence-electron chi connectivity index (χ4n) is 5.17. The van der Waals surface area contributed by atoms with E-state index >= 15 is 0 Å². The summed E-state index contributed by atoms with van der Waals surface area (Å²) < 4.78 is 38.2. The van der Waals surface area contributed by atoms with Gasteiger partial charge < -0.3 is 0 Å². The molecule has 0 aromatic rings. The third kappa shape index (κ3) is 3.58. The Hall–Kier alpha value is -0.230. The average molecular weight is 321 g/mol. The van der Waals surface area contributed by atoms with Crippen LogP contribution in [-0.2, 0) is 4.79 Å². The Bertz CT molecular complexity index is 375. The maximum atomic E-state index is 12.6. The standard InChI is InChI=1S/C15H22F3NOS/c16-15(17,18)21-19-3-1-2-13(20)14-7-10-4-11(8-14)6-12(5-10)9-14/h10-12,19H,1-9H2. The van der Waals surface area contributed by atoms with Gasteiger partial charge in [0.05, 0.1) is 0 Å². The fourth-order valence-corrected chi connectivity index (χ4v) is 5.58. The van der Waals surface area contributed by atoms with Gasteiger partial charge in [0.15, 0.2) is 0 Å². The summed E-state index contributed by atoms with van der Waals surface area (Å²) in [6, 6.07) is 0. The Morgan fingerprint density at radius 1 is 1.10 bits per heavy atom. The molecule has 4 aliphatic rings. The van der Waals surface area contributed by atoms with Gasteiger partial charge in [0, 0.05) is 30.3 Å². The van der Waals surface area contributed by atoms with E-state index in [4.69, 9.17) is 0 Å². The van der Waals surface area contributed by atoms with Gasteiger partial charge in [-0.05, 0) is 62.7 Å². The number of hydrogen-bond donors (Lipinski definition) is 1. The zero-order valence-corrected chi connectivity index (χ0v) is 12.9. The van der Waals surface area contributed by atoms with Gasteiger partial charge in [0.1, 0.15) is 5.78 Å². The first-order valence-electron chi connectivity index (χ1n) is 7.87. The molecule has 0 aliphatic heterocycles. The van der Waals surface area contributed by atoms with Gasteiger partial charge in [-0.25, -0.2) is 0 Å². The van der Waals surface area contributed by atoms with Crippen LogP contribution in [0.1, 0.15) is 51.4 Å². The van der Waals surface area contributed by atoms with Crippen molar-refractivity contribution in [2.45, 2.75) is 56.9 Å². The van der Waals surface area contributed by atoms with Gasteiger partial charge in [-0.15, -0.1) is 0 Å². The number of hydrogen-bond acceptors (Lipinski definition) is 3. The van der Waals surface area contributed by atoms with Gasteiger partial charge in [-0.3, -0.25) is 9.52 Å². The molecule has 2 nitrogen and oxygen atoms in total. The second kappa shape index (κ2) is 5.76. The zero-order chi connectivity index (χ0) is 15.1. The van der Waals surface area contributed by atoms with Crippen LogP contribution in [0.4, 0.5) is 13.2 Å². The lowest BCUT2D eigenvalue weighted by atomic mass is 9.48. The van der Waals surface area contributed by atoms with Crippen molar-refractivity contribution < 1.29 is 18.0 Å². The predicted molar refractivity (Wildman–Crippen MR) is 76.5 cm³/mol. The highest BCUT2D eigenvalue weighted by molar-refractivity contribution is 7.98. The maximum absolute atomic E-state index is 12.6. The van der Waals surface area contributed by atoms with Crippen LogP contribution >= 0.6 is 11.9 Å². The summed E-state index contributed by atoms with van der Waals surface area (Å²) in [5.41, 5.74) is -4.35. The van der Waals surface area contributed by atoms with Gasteiger partial charge in [0.2, 0.25) is 0 Å². The van der Waals surface area contributed by atoms with Crippen LogP contribution in [0.3, 0.4) is 0 Å². The largest absolute Gasteiger partial charge is 0.456 e. The van der Waals surface area contributed by atoms with E-state index in [9.17, 15) is 18.0 Å². The van der Waals surface area contributed by atoms with E-state index in [2.05, 4.69) is 4.72 Å². The molecule has 0 saturated heterocycles.